The quantitative estimate of drug-likeness (QED) is 0.480. The molecule has 0 spiro atoms. The summed E-state index contributed by atoms with van der Waals surface area (Å²) in [4.78, 5) is 22.2. The zero-order chi connectivity index (χ0) is 18.5. The minimum atomic E-state index is -0.168. The number of aromatic nitrogens is 4. The topological polar surface area (TPSA) is 72.4 Å². The third-order valence-electron chi connectivity index (χ3n) is 4.63. The van der Waals surface area contributed by atoms with Crippen molar-refractivity contribution in [3.8, 4) is 5.69 Å². The van der Waals surface area contributed by atoms with Crippen LogP contribution in [0.4, 0.5) is 0 Å². The molecule has 0 saturated heterocycles. The lowest BCUT2D eigenvalue weighted by atomic mass is 10.1. The van der Waals surface area contributed by atoms with E-state index in [9.17, 15) is 9.90 Å². The number of benzene rings is 1. The Bertz CT molecular complexity index is 1390. The molecule has 4 heterocycles. The molecule has 5 aromatic rings. The molecule has 0 amide bonds. The molecule has 0 fully saturated rings. The van der Waals surface area contributed by atoms with Crippen molar-refractivity contribution in [2.24, 2.45) is 0 Å². The SMILES string of the molecule is O=c1c2ccccc2c2nc3ccc(CO)cn3c2n1-c1ccc(Cl)nc1. The molecule has 0 radical (unpaired) electrons. The number of aliphatic hydroxyl groups excluding tert-OH is 1. The fourth-order valence-corrected chi connectivity index (χ4v) is 3.51. The van der Waals surface area contributed by atoms with E-state index in [0.29, 0.717) is 33.0 Å². The Hall–Kier alpha value is -3.22. The van der Waals surface area contributed by atoms with Gasteiger partial charge in [0.05, 0.1) is 18.5 Å². The predicted molar refractivity (Wildman–Crippen MR) is 105 cm³/mol. The summed E-state index contributed by atoms with van der Waals surface area (Å²) in [7, 11) is 0. The van der Waals surface area contributed by atoms with E-state index >= 15 is 0 Å². The molecular formula is C20H13ClN4O2. The van der Waals surface area contributed by atoms with Crippen LogP contribution < -0.4 is 5.56 Å². The molecule has 7 heteroatoms. The summed E-state index contributed by atoms with van der Waals surface area (Å²) in [6.45, 7) is -0.101. The first-order valence-electron chi connectivity index (χ1n) is 8.34. The third kappa shape index (κ3) is 2.34. The van der Waals surface area contributed by atoms with Crippen molar-refractivity contribution in [1.82, 2.24) is 18.9 Å². The second-order valence-electron chi connectivity index (χ2n) is 6.23. The number of hydrogen-bond acceptors (Lipinski definition) is 4. The highest BCUT2D eigenvalue weighted by Crippen LogP contribution is 2.26. The minimum Gasteiger partial charge on any atom is -0.392 e. The zero-order valence-electron chi connectivity index (χ0n) is 14.0. The summed E-state index contributed by atoms with van der Waals surface area (Å²) in [6, 6.07) is 14.4. The first-order valence-corrected chi connectivity index (χ1v) is 8.72. The van der Waals surface area contributed by atoms with Crippen LogP contribution in [0.15, 0.2) is 65.7 Å². The van der Waals surface area contributed by atoms with Gasteiger partial charge in [-0.3, -0.25) is 13.8 Å². The van der Waals surface area contributed by atoms with Crippen LogP contribution in [-0.4, -0.2) is 24.0 Å². The van der Waals surface area contributed by atoms with Gasteiger partial charge in [-0.15, -0.1) is 0 Å². The van der Waals surface area contributed by atoms with Gasteiger partial charge >= 0.3 is 0 Å². The van der Waals surface area contributed by atoms with Gasteiger partial charge in [-0.05, 0) is 29.8 Å². The van der Waals surface area contributed by atoms with Crippen molar-refractivity contribution < 1.29 is 5.11 Å². The van der Waals surface area contributed by atoms with Gasteiger partial charge in [0.2, 0.25) is 0 Å². The molecule has 0 aliphatic rings. The fourth-order valence-electron chi connectivity index (χ4n) is 3.40. The van der Waals surface area contributed by atoms with Crippen molar-refractivity contribution in [2.75, 3.05) is 0 Å². The maximum atomic E-state index is 13.3. The number of hydrogen-bond donors (Lipinski definition) is 1. The van der Waals surface area contributed by atoms with Crippen LogP contribution >= 0.6 is 11.6 Å². The summed E-state index contributed by atoms with van der Waals surface area (Å²) < 4.78 is 3.41. The first kappa shape index (κ1) is 16.0. The monoisotopic (exact) mass is 376 g/mol. The molecule has 132 valence electrons. The first-order chi connectivity index (χ1) is 13.2. The Kier molecular flexibility index (Phi) is 3.50. The predicted octanol–water partition coefficient (Wildman–Crippen LogP) is 3.33. The highest BCUT2D eigenvalue weighted by atomic mass is 35.5. The van der Waals surface area contributed by atoms with Crippen LogP contribution in [0.1, 0.15) is 5.56 Å². The summed E-state index contributed by atoms with van der Waals surface area (Å²) in [5.74, 6) is 0. The molecule has 0 atom stereocenters. The molecule has 0 bridgehead atoms. The summed E-state index contributed by atoms with van der Waals surface area (Å²) in [5.41, 5.74) is 3.16. The third-order valence-corrected chi connectivity index (χ3v) is 4.86. The summed E-state index contributed by atoms with van der Waals surface area (Å²) >= 11 is 5.92. The van der Waals surface area contributed by atoms with Gasteiger partial charge in [0, 0.05) is 17.0 Å². The van der Waals surface area contributed by atoms with Gasteiger partial charge in [-0.1, -0.05) is 35.9 Å². The normalized spacial score (nSPS) is 11.6. The molecule has 1 aromatic carbocycles. The lowest BCUT2D eigenvalue weighted by molar-refractivity contribution is 0.281. The number of pyridine rings is 3. The highest BCUT2D eigenvalue weighted by molar-refractivity contribution is 6.29. The Balaban J connectivity index is 2.05. The van der Waals surface area contributed by atoms with Gasteiger partial charge in [-0.25, -0.2) is 9.97 Å². The van der Waals surface area contributed by atoms with Crippen LogP contribution in [-0.2, 0) is 6.61 Å². The largest absolute Gasteiger partial charge is 0.392 e. The summed E-state index contributed by atoms with van der Waals surface area (Å²) in [5, 5.41) is 11.2. The van der Waals surface area contributed by atoms with Crippen molar-refractivity contribution in [3.05, 3.63) is 82.0 Å². The smallest absolute Gasteiger partial charge is 0.264 e. The fraction of sp³-hybridized carbons (Fsp3) is 0.0500. The van der Waals surface area contributed by atoms with Gasteiger partial charge in [-0.2, -0.15) is 0 Å². The lowest BCUT2D eigenvalue weighted by Gasteiger charge is -2.11. The van der Waals surface area contributed by atoms with Gasteiger partial charge in [0.1, 0.15) is 16.3 Å². The van der Waals surface area contributed by atoms with Crippen molar-refractivity contribution in [3.63, 3.8) is 0 Å². The molecule has 27 heavy (non-hydrogen) atoms. The van der Waals surface area contributed by atoms with Crippen LogP contribution in [0.2, 0.25) is 5.15 Å². The molecule has 0 aliphatic heterocycles. The second-order valence-corrected chi connectivity index (χ2v) is 6.62. The van der Waals surface area contributed by atoms with Gasteiger partial charge in [0.15, 0.2) is 5.65 Å². The molecule has 5 rings (SSSR count). The number of aliphatic hydroxyl groups is 1. The van der Waals surface area contributed by atoms with Crippen LogP contribution in [0.25, 0.3) is 33.3 Å². The highest BCUT2D eigenvalue weighted by Gasteiger charge is 2.17. The Morgan fingerprint density at radius 2 is 1.85 bits per heavy atom. The van der Waals surface area contributed by atoms with E-state index in [1.54, 1.807) is 35.2 Å². The number of rotatable bonds is 2. The molecule has 0 aliphatic carbocycles. The van der Waals surface area contributed by atoms with E-state index in [4.69, 9.17) is 16.6 Å². The van der Waals surface area contributed by atoms with E-state index in [1.807, 2.05) is 34.7 Å². The Morgan fingerprint density at radius 3 is 2.59 bits per heavy atom. The second kappa shape index (κ2) is 5.90. The zero-order valence-corrected chi connectivity index (χ0v) is 14.8. The van der Waals surface area contributed by atoms with Crippen molar-refractivity contribution in [2.45, 2.75) is 6.61 Å². The van der Waals surface area contributed by atoms with Crippen LogP contribution in [0, 0.1) is 0 Å². The molecule has 1 N–H and O–H groups in total. The Morgan fingerprint density at radius 1 is 1.04 bits per heavy atom. The number of halogens is 1. The number of fused-ring (bicyclic) bond motifs is 5. The van der Waals surface area contributed by atoms with E-state index in [2.05, 4.69) is 4.98 Å². The number of nitrogens with zero attached hydrogens (tertiary/aromatic N) is 4. The molecule has 0 saturated carbocycles. The molecule has 4 aromatic heterocycles. The van der Waals surface area contributed by atoms with Crippen molar-refractivity contribution >= 4 is 39.2 Å². The molecular weight excluding hydrogens is 364 g/mol. The minimum absolute atomic E-state index is 0.101. The van der Waals surface area contributed by atoms with Gasteiger partial charge in [0.25, 0.3) is 5.56 Å². The molecule has 6 nitrogen and oxygen atoms in total. The molecule has 0 unspecified atom stereocenters. The lowest BCUT2D eigenvalue weighted by Crippen LogP contribution is -2.20. The van der Waals surface area contributed by atoms with Crippen LogP contribution in [0.3, 0.4) is 0 Å². The van der Waals surface area contributed by atoms with E-state index in [-0.39, 0.29) is 12.2 Å². The number of imidazole rings is 1. The van der Waals surface area contributed by atoms with Crippen molar-refractivity contribution in [1.29, 1.82) is 0 Å². The Labute approximate surface area is 157 Å². The van der Waals surface area contributed by atoms with E-state index in [1.165, 1.54) is 0 Å². The van der Waals surface area contributed by atoms with E-state index < -0.39 is 0 Å². The average Bonchev–Trinajstić information content (AvgIpc) is 3.08. The van der Waals surface area contributed by atoms with E-state index in [0.717, 1.165) is 10.9 Å². The summed E-state index contributed by atoms with van der Waals surface area (Å²) in [6.07, 6.45) is 3.35. The maximum absolute atomic E-state index is 13.3. The maximum Gasteiger partial charge on any atom is 0.264 e. The average molecular weight is 377 g/mol. The van der Waals surface area contributed by atoms with Crippen LogP contribution in [0.5, 0.6) is 0 Å². The standard InChI is InChI=1S/C20H13ClN4O2/c21-16-7-6-13(9-22-16)25-19-18(14-3-1-2-4-15(14)20(25)27)23-17-8-5-12(11-26)10-24(17)19/h1-10,26H,11H2. The van der Waals surface area contributed by atoms with Gasteiger partial charge < -0.3 is 5.11 Å².